The van der Waals surface area contributed by atoms with E-state index < -0.39 is 16.0 Å². The first-order valence-electron chi connectivity index (χ1n) is 6.14. The average Bonchev–Trinajstić information content (AvgIpc) is 2.47. The number of rotatable bonds is 4. The molecule has 1 aliphatic rings. The van der Waals surface area contributed by atoms with Crippen LogP contribution in [0.5, 0.6) is 5.75 Å². The molecule has 1 aliphatic heterocycles. The van der Waals surface area contributed by atoms with Crippen molar-refractivity contribution in [1.82, 2.24) is 4.47 Å². The van der Waals surface area contributed by atoms with Crippen molar-refractivity contribution in [2.24, 2.45) is 0 Å². The van der Waals surface area contributed by atoms with Gasteiger partial charge in [0.05, 0.1) is 13.7 Å². The summed E-state index contributed by atoms with van der Waals surface area (Å²) in [6, 6.07) is 2.29. The Morgan fingerprint density at radius 3 is 2.67 bits per heavy atom. The predicted octanol–water partition coefficient (Wildman–Crippen LogP) is 1.76. The fourth-order valence-corrected chi connectivity index (χ4v) is 3.79. The Labute approximate surface area is 127 Å². The van der Waals surface area contributed by atoms with Crippen molar-refractivity contribution < 1.29 is 27.9 Å². The molecular formula is C12H14ClNO6S. The Morgan fingerprint density at radius 2 is 2.14 bits per heavy atom. The zero-order valence-corrected chi connectivity index (χ0v) is 12.8. The molecule has 21 heavy (non-hydrogen) atoms. The summed E-state index contributed by atoms with van der Waals surface area (Å²) in [4.78, 5) is 16.0. The average molecular weight is 336 g/mol. The highest BCUT2D eigenvalue weighted by molar-refractivity contribution is 7.89. The smallest absolute Gasteiger partial charge is 0.339 e. The fourth-order valence-electron chi connectivity index (χ4n) is 2.00. The molecule has 9 heteroatoms. The molecule has 1 fully saturated rings. The van der Waals surface area contributed by atoms with Gasteiger partial charge in [0.2, 0.25) is 0 Å². The van der Waals surface area contributed by atoms with Crippen LogP contribution in [0.3, 0.4) is 0 Å². The number of hydroxylamine groups is 1. The highest BCUT2D eigenvalue weighted by Crippen LogP contribution is 2.34. The maximum Gasteiger partial charge on any atom is 0.339 e. The van der Waals surface area contributed by atoms with Gasteiger partial charge in [0.25, 0.3) is 10.0 Å². The van der Waals surface area contributed by atoms with E-state index in [0.717, 1.165) is 23.0 Å². The number of sulfonamides is 1. The summed E-state index contributed by atoms with van der Waals surface area (Å²) in [5, 5.41) is 9.13. The van der Waals surface area contributed by atoms with Gasteiger partial charge in [-0.3, -0.25) is 4.84 Å². The Hall–Kier alpha value is -1.35. The number of nitrogens with zero attached hydrogens (tertiary/aromatic N) is 1. The van der Waals surface area contributed by atoms with Crippen LogP contribution in [-0.4, -0.2) is 44.2 Å². The summed E-state index contributed by atoms with van der Waals surface area (Å²) in [6.07, 6.45) is 1.42. The molecule has 0 aromatic heterocycles. The summed E-state index contributed by atoms with van der Waals surface area (Å²) in [6.45, 7) is 0.480. The number of carboxylic acids is 1. The van der Waals surface area contributed by atoms with E-state index in [1.165, 1.54) is 7.11 Å². The largest absolute Gasteiger partial charge is 0.494 e. The van der Waals surface area contributed by atoms with Gasteiger partial charge in [-0.15, -0.1) is 0 Å². The van der Waals surface area contributed by atoms with Crippen molar-refractivity contribution in [1.29, 1.82) is 0 Å². The molecular weight excluding hydrogens is 322 g/mol. The van der Waals surface area contributed by atoms with Gasteiger partial charge in [0.1, 0.15) is 10.5 Å². The van der Waals surface area contributed by atoms with Gasteiger partial charge in [-0.1, -0.05) is 16.1 Å². The molecule has 7 nitrogen and oxygen atoms in total. The topological polar surface area (TPSA) is 93.1 Å². The fraction of sp³-hybridized carbons (Fsp3) is 0.417. The van der Waals surface area contributed by atoms with Gasteiger partial charge in [0, 0.05) is 11.6 Å². The van der Waals surface area contributed by atoms with Crippen LogP contribution in [0, 0.1) is 0 Å². The zero-order chi connectivity index (χ0) is 15.6. The Balaban J connectivity index is 2.59. The first kappa shape index (κ1) is 16.0. The predicted molar refractivity (Wildman–Crippen MR) is 74.0 cm³/mol. The lowest BCUT2D eigenvalue weighted by molar-refractivity contribution is -0.108. The van der Waals surface area contributed by atoms with Crippen LogP contribution in [0.15, 0.2) is 17.0 Å². The van der Waals surface area contributed by atoms with Gasteiger partial charge in [-0.05, 0) is 25.0 Å². The maximum absolute atomic E-state index is 12.6. The maximum atomic E-state index is 12.6. The molecule has 2 rings (SSSR count). The van der Waals surface area contributed by atoms with Gasteiger partial charge in [-0.25, -0.2) is 13.2 Å². The molecule has 1 N–H and O–H groups in total. The molecule has 0 saturated carbocycles. The number of carbonyl (C=O) groups is 1. The molecule has 0 radical (unpaired) electrons. The first-order chi connectivity index (χ1) is 9.87. The molecule has 116 valence electrons. The van der Waals surface area contributed by atoms with Crippen LogP contribution >= 0.6 is 11.6 Å². The van der Waals surface area contributed by atoms with Gasteiger partial charge in [-0.2, -0.15) is 0 Å². The molecule has 0 bridgehead atoms. The second-order valence-corrected chi connectivity index (χ2v) is 6.60. The van der Waals surface area contributed by atoms with E-state index in [-0.39, 0.29) is 34.4 Å². The van der Waals surface area contributed by atoms with Crippen LogP contribution in [0.25, 0.3) is 0 Å². The number of benzene rings is 1. The molecule has 1 saturated heterocycles. The number of ether oxygens (including phenoxy) is 1. The molecule has 0 unspecified atom stereocenters. The van der Waals surface area contributed by atoms with Crippen molar-refractivity contribution >= 4 is 27.6 Å². The summed E-state index contributed by atoms with van der Waals surface area (Å²) in [7, 11) is -2.84. The number of aromatic carboxylic acids is 1. The number of methoxy groups -OCH3 is 1. The van der Waals surface area contributed by atoms with E-state index in [1.54, 1.807) is 0 Å². The van der Waals surface area contributed by atoms with E-state index >= 15 is 0 Å². The van der Waals surface area contributed by atoms with Crippen LogP contribution in [0.1, 0.15) is 23.2 Å². The van der Waals surface area contributed by atoms with E-state index in [0.29, 0.717) is 6.42 Å². The second-order valence-electron chi connectivity index (χ2n) is 4.36. The lowest BCUT2D eigenvalue weighted by Crippen LogP contribution is -2.36. The summed E-state index contributed by atoms with van der Waals surface area (Å²) >= 11 is 5.83. The Bertz CT molecular complexity index is 654. The minimum absolute atomic E-state index is 0.0104. The van der Waals surface area contributed by atoms with Gasteiger partial charge in [0.15, 0.2) is 5.75 Å². The quantitative estimate of drug-likeness (QED) is 0.901. The van der Waals surface area contributed by atoms with E-state index in [4.69, 9.17) is 26.3 Å². The number of carboxylic acid groups (broad SMARTS) is 1. The highest BCUT2D eigenvalue weighted by atomic mass is 35.5. The molecule has 1 aromatic carbocycles. The van der Waals surface area contributed by atoms with Crippen LogP contribution < -0.4 is 4.74 Å². The summed E-state index contributed by atoms with van der Waals surface area (Å²) < 4.78 is 30.9. The lowest BCUT2D eigenvalue weighted by Gasteiger charge is -2.26. The van der Waals surface area contributed by atoms with E-state index in [1.807, 2.05) is 0 Å². The monoisotopic (exact) mass is 335 g/mol. The zero-order valence-electron chi connectivity index (χ0n) is 11.2. The van der Waals surface area contributed by atoms with Crippen molar-refractivity contribution in [3.63, 3.8) is 0 Å². The molecule has 1 aromatic rings. The van der Waals surface area contributed by atoms with Crippen LogP contribution in [0.2, 0.25) is 5.02 Å². The van der Waals surface area contributed by atoms with Crippen molar-refractivity contribution in [2.45, 2.75) is 17.7 Å². The third-order valence-electron chi connectivity index (χ3n) is 2.97. The number of hydrogen-bond acceptors (Lipinski definition) is 5. The van der Waals surface area contributed by atoms with Crippen molar-refractivity contribution in [3.8, 4) is 5.75 Å². The van der Waals surface area contributed by atoms with Gasteiger partial charge >= 0.3 is 5.97 Å². The Morgan fingerprint density at radius 1 is 1.43 bits per heavy atom. The third-order valence-corrected chi connectivity index (χ3v) is 4.87. The van der Waals surface area contributed by atoms with E-state index in [9.17, 15) is 13.2 Å². The molecule has 0 amide bonds. The Kier molecular flexibility index (Phi) is 4.72. The van der Waals surface area contributed by atoms with E-state index in [2.05, 4.69) is 0 Å². The van der Waals surface area contributed by atoms with Crippen LogP contribution in [0.4, 0.5) is 0 Å². The highest BCUT2D eigenvalue weighted by Gasteiger charge is 2.33. The minimum Gasteiger partial charge on any atom is -0.494 e. The summed E-state index contributed by atoms with van der Waals surface area (Å²) in [5.74, 6) is -1.59. The van der Waals surface area contributed by atoms with Gasteiger partial charge < -0.3 is 9.84 Å². The molecule has 1 heterocycles. The van der Waals surface area contributed by atoms with Crippen LogP contribution in [-0.2, 0) is 14.9 Å². The third kappa shape index (κ3) is 3.13. The SMILES string of the molecule is COc1c(C(=O)O)cc(Cl)cc1S(=O)(=O)N1CCCCO1. The summed E-state index contributed by atoms with van der Waals surface area (Å²) in [5.41, 5.74) is -0.319. The minimum atomic E-state index is -4.04. The first-order valence-corrected chi connectivity index (χ1v) is 7.96. The molecule has 0 aliphatic carbocycles. The number of hydrogen-bond donors (Lipinski definition) is 1. The molecule has 0 spiro atoms. The lowest BCUT2D eigenvalue weighted by atomic mass is 10.2. The second kappa shape index (κ2) is 6.18. The molecule has 0 atom stereocenters. The number of halogens is 1. The van der Waals surface area contributed by atoms with Crippen molar-refractivity contribution in [2.75, 3.05) is 20.3 Å². The normalized spacial score (nSPS) is 16.7. The van der Waals surface area contributed by atoms with Crippen molar-refractivity contribution in [3.05, 3.63) is 22.7 Å². The standard InChI is InChI=1S/C12H14ClNO6S/c1-19-11-9(12(15)16)6-8(13)7-10(11)21(17,18)14-4-2-3-5-20-14/h6-7H,2-5H2,1H3,(H,15,16).